The van der Waals surface area contributed by atoms with Gasteiger partial charge in [0.2, 0.25) is 0 Å². The molecule has 1 N–H and O–H groups in total. The number of hydrogen-bond donors (Lipinski definition) is 1. The quantitative estimate of drug-likeness (QED) is 0.657. The molecule has 0 atom stereocenters. The second-order valence-corrected chi connectivity index (χ2v) is 4.51. The van der Waals surface area contributed by atoms with E-state index in [-0.39, 0.29) is 5.91 Å². The van der Waals surface area contributed by atoms with Crippen molar-refractivity contribution >= 4 is 12.1 Å². The fraction of sp³-hybridized carbons (Fsp3) is 0.176. The third-order valence-electron chi connectivity index (χ3n) is 3.14. The summed E-state index contributed by atoms with van der Waals surface area (Å²) in [5.41, 5.74) is 3.65. The monoisotopic (exact) mass is 314 g/mol. The Balaban J connectivity index is 2.17. The van der Waals surface area contributed by atoms with Gasteiger partial charge >= 0.3 is 0 Å². The zero-order chi connectivity index (χ0) is 16.7. The number of carbonyl (C=O) groups is 1. The Kier molecular flexibility index (Phi) is 5.57. The first kappa shape index (κ1) is 16.4. The first-order valence-corrected chi connectivity index (χ1v) is 6.88. The number of ether oxygens (including phenoxy) is 3. The van der Waals surface area contributed by atoms with Crippen LogP contribution in [0.2, 0.25) is 0 Å². The van der Waals surface area contributed by atoms with Crippen molar-refractivity contribution in [1.82, 2.24) is 5.43 Å². The number of methoxy groups -OCH3 is 3. The largest absolute Gasteiger partial charge is 0.496 e. The first-order chi connectivity index (χ1) is 11.2. The van der Waals surface area contributed by atoms with E-state index >= 15 is 0 Å². The van der Waals surface area contributed by atoms with Crippen LogP contribution in [0.5, 0.6) is 17.2 Å². The molecule has 6 heteroatoms. The Labute approximate surface area is 134 Å². The SMILES string of the molecule is COc1cc(OC)c(OC)cc1C=NNC(=O)c1ccccc1. The number of nitrogens with one attached hydrogen (secondary N) is 1. The van der Waals surface area contributed by atoms with E-state index in [1.807, 2.05) is 6.07 Å². The molecule has 0 radical (unpaired) electrons. The van der Waals surface area contributed by atoms with Gasteiger partial charge in [-0.15, -0.1) is 0 Å². The number of amides is 1. The number of nitrogens with zero attached hydrogens (tertiary/aromatic N) is 1. The molecule has 2 aromatic carbocycles. The molecule has 0 saturated carbocycles. The van der Waals surface area contributed by atoms with Gasteiger partial charge in [0.05, 0.1) is 27.5 Å². The summed E-state index contributed by atoms with van der Waals surface area (Å²) in [7, 11) is 4.63. The minimum absolute atomic E-state index is 0.290. The highest BCUT2D eigenvalue weighted by atomic mass is 16.5. The lowest BCUT2D eigenvalue weighted by atomic mass is 10.2. The highest BCUT2D eigenvalue weighted by Gasteiger charge is 2.10. The molecule has 0 unspecified atom stereocenters. The molecule has 0 aliphatic rings. The Bertz CT molecular complexity index is 699. The second kappa shape index (κ2) is 7.84. The number of benzene rings is 2. The number of hydrogen-bond acceptors (Lipinski definition) is 5. The lowest BCUT2D eigenvalue weighted by Gasteiger charge is -2.11. The lowest BCUT2D eigenvalue weighted by molar-refractivity contribution is 0.0955. The predicted molar refractivity (Wildman–Crippen MR) is 87.6 cm³/mol. The molecular formula is C17H18N2O4. The molecule has 0 saturated heterocycles. The van der Waals surface area contributed by atoms with Crippen molar-refractivity contribution in [1.29, 1.82) is 0 Å². The maximum Gasteiger partial charge on any atom is 0.271 e. The summed E-state index contributed by atoms with van der Waals surface area (Å²) in [6, 6.07) is 12.2. The van der Waals surface area contributed by atoms with Crippen LogP contribution in [0.15, 0.2) is 47.6 Å². The molecule has 1 amide bonds. The van der Waals surface area contributed by atoms with Gasteiger partial charge in [-0.1, -0.05) is 18.2 Å². The molecule has 0 spiro atoms. The van der Waals surface area contributed by atoms with Crippen LogP contribution in [0.1, 0.15) is 15.9 Å². The normalized spacial score (nSPS) is 10.4. The fourth-order valence-electron chi connectivity index (χ4n) is 1.97. The van der Waals surface area contributed by atoms with Gasteiger partial charge in [-0.2, -0.15) is 5.10 Å². The molecule has 6 nitrogen and oxygen atoms in total. The van der Waals surface area contributed by atoms with E-state index in [1.165, 1.54) is 6.21 Å². The van der Waals surface area contributed by atoms with Gasteiger partial charge in [0.25, 0.3) is 5.91 Å². The molecule has 120 valence electrons. The van der Waals surface area contributed by atoms with Crippen molar-refractivity contribution in [2.45, 2.75) is 0 Å². The van der Waals surface area contributed by atoms with E-state index in [2.05, 4.69) is 10.5 Å². The molecule has 0 bridgehead atoms. The second-order valence-electron chi connectivity index (χ2n) is 4.51. The van der Waals surface area contributed by atoms with E-state index in [4.69, 9.17) is 14.2 Å². The van der Waals surface area contributed by atoms with Crippen molar-refractivity contribution in [3.05, 3.63) is 53.6 Å². The third-order valence-corrected chi connectivity index (χ3v) is 3.14. The molecule has 0 heterocycles. The molecular weight excluding hydrogens is 296 g/mol. The standard InChI is InChI=1S/C17H18N2O4/c1-21-14-10-16(23-3)15(22-2)9-13(14)11-18-19-17(20)12-7-5-4-6-8-12/h4-11H,1-3H3,(H,19,20). The zero-order valence-corrected chi connectivity index (χ0v) is 13.2. The molecule has 0 aliphatic carbocycles. The van der Waals surface area contributed by atoms with Crippen LogP contribution in [-0.2, 0) is 0 Å². The average molecular weight is 314 g/mol. The molecule has 0 aliphatic heterocycles. The summed E-state index contributed by atoms with van der Waals surface area (Å²) in [5, 5.41) is 3.96. The number of carbonyl (C=O) groups excluding carboxylic acids is 1. The Morgan fingerprint density at radius 3 is 2.17 bits per heavy atom. The van der Waals surface area contributed by atoms with Crippen LogP contribution in [0.3, 0.4) is 0 Å². The topological polar surface area (TPSA) is 69.2 Å². The highest BCUT2D eigenvalue weighted by Crippen LogP contribution is 2.33. The molecule has 0 aromatic heterocycles. The molecule has 0 fully saturated rings. The highest BCUT2D eigenvalue weighted by molar-refractivity contribution is 5.95. The summed E-state index contributed by atoms with van der Waals surface area (Å²) < 4.78 is 15.7. The summed E-state index contributed by atoms with van der Waals surface area (Å²) in [4.78, 5) is 11.9. The molecule has 2 aromatic rings. The first-order valence-electron chi connectivity index (χ1n) is 6.88. The van der Waals surface area contributed by atoms with Crippen LogP contribution in [0.25, 0.3) is 0 Å². The van der Waals surface area contributed by atoms with Gasteiger partial charge in [-0.3, -0.25) is 4.79 Å². The predicted octanol–water partition coefficient (Wildman–Crippen LogP) is 2.48. The molecule has 2 rings (SSSR count). The van der Waals surface area contributed by atoms with Crippen LogP contribution in [0.4, 0.5) is 0 Å². The minimum Gasteiger partial charge on any atom is -0.496 e. The third kappa shape index (κ3) is 4.00. The van der Waals surface area contributed by atoms with E-state index in [9.17, 15) is 4.79 Å². The van der Waals surface area contributed by atoms with Crippen molar-refractivity contribution in [2.75, 3.05) is 21.3 Å². The number of hydrazone groups is 1. The van der Waals surface area contributed by atoms with Crippen LogP contribution in [0, 0.1) is 0 Å². The van der Waals surface area contributed by atoms with Crippen molar-refractivity contribution in [2.24, 2.45) is 5.10 Å². The van der Waals surface area contributed by atoms with Gasteiger partial charge < -0.3 is 14.2 Å². The van der Waals surface area contributed by atoms with Gasteiger partial charge in [-0.05, 0) is 18.2 Å². The van der Waals surface area contributed by atoms with Gasteiger partial charge in [0.15, 0.2) is 11.5 Å². The van der Waals surface area contributed by atoms with Crippen LogP contribution >= 0.6 is 0 Å². The van der Waals surface area contributed by atoms with Gasteiger partial charge in [0.1, 0.15) is 5.75 Å². The van der Waals surface area contributed by atoms with E-state index in [0.717, 1.165) is 0 Å². The Hall–Kier alpha value is -3.02. The summed E-state index contributed by atoms with van der Waals surface area (Å²) in [6.45, 7) is 0. The van der Waals surface area contributed by atoms with Crippen molar-refractivity contribution in [3.8, 4) is 17.2 Å². The Morgan fingerprint density at radius 1 is 0.957 bits per heavy atom. The van der Waals surface area contributed by atoms with E-state index in [0.29, 0.717) is 28.4 Å². The summed E-state index contributed by atoms with van der Waals surface area (Å²) in [5.74, 6) is 1.36. The smallest absolute Gasteiger partial charge is 0.271 e. The summed E-state index contributed by atoms with van der Waals surface area (Å²) >= 11 is 0. The van der Waals surface area contributed by atoms with Crippen molar-refractivity contribution < 1.29 is 19.0 Å². The van der Waals surface area contributed by atoms with Gasteiger partial charge in [-0.25, -0.2) is 5.43 Å². The van der Waals surface area contributed by atoms with Gasteiger partial charge in [0, 0.05) is 17.2 Å². The zero-order valence-electron chi connectivity index (χ0n) is 13.2. The number of rotatable bonds is 6. The average Bonchev–Trinajstić information content (AvgIpc) is 2.61. The summed E-state index contributed by atoms with van der Waals surface area (Å²) in [6.07, 6.45) is 1.49. The maximum atomic E-state index is 11.9. The van der Waals surface area contributed by atoms with E-state index in [1.54, 1.807) is 57.7 Å². The maximum absolute atomic E-state index is 11.9. The lowest BCUT2D eigenvalue weighted by Crippen LogP contribution is -2.17. The Morgan fingerprint density at radius 2 is 1.57 bits per heavy atom. The van der Waals surface area contributed by atoms with Crippen LogP contribution in [-0.4, -0.2) is 33.5 Å². The van der Waals surface area contributed by atoms with E-state index < -0.39 is 0 Å². The fourth-order valence-corrected chi connectivity index (χ4v) is 1.97. The van der Waals surface area contributed by atoms with Crippen molar-refractivity contribution in [3.63, 3.8) is 0 Å². The minimum atomic E-state index is -0.290. The van der Waals surface area contributed by atoms with Crippen LogP contribution < -0.4 is 19.6 Å². The molecule has 23 heavy (non-hydrogen) atoms.